The lowest BCUT2D eigenvalue weighted by Gasteiger charge is -1.87. The Balaban J connectivity index is 2.22. The number of hydrogen-bond donors (Lipinski definition) is 1. The number of benzene rings is 1. The molecule has 0 spiro atoms. The lowest BCUT2D eigenvalue weighted by Crippen LogP contribution is -1.72. The van der Waals surface area contributed by atoms with E-state index in [2.05, 4.69) is 15.0 Å². The Morgan fingerprint density at radius 2 is 2.27 bits per heavy atom. The number of halogens is 1. The molecular formula is C10H6ClN3S. The smallest absolute Gasteiger partial charge is 0.150 e. The number of imidazole rings is 1. The van der Waals surface area contributed by atoms with Crippen molar-refractivity contribution in [2.45, 2.75) is 0 Å². The molecule has 0 amide bonds. The molecule has 1 aromatic carbocycles. The number of fused-ring (bicyclic) bond motifs is 1. The topological polar surface area (TPSA) is 41.6 Å². The van der Waals surface area contributed by atoms with E-state index in [0.717, 1.165) is 21.7 Å². The van der Waals surface area contributed by atoms with E-state index in [1.165, 1.54) is 0 Å². The van der Waals surface area contributed by atoms with E-state index in [0.29, 0.717) is 5.02 Å². The van der Waals surface area contributed by atoms with Crippen molar-refractivity contribution < 1.29 is 0 Å². The monoisotopic (exact) mass is 235 g/mol. The quantitative estimate of drug-likeness (QED) is 0.703. The summed E-state index contributed by atoms with van der Waals surface area (Å²) in [6.07, 6.45) is 1.80. The molecule has 0 aliphatic heterocycles. The Hall–Kier alpha value is -1.39. The van der Waals surface area contributed by atoms with Crippen LogP contribution in [0.2, 0.25) is 5.02 Å². The summed E-state index contributed by atoms with van der Waals surface area (Å²) in [6.45, 7) is 0. The molecule has 0 fully saturated rings. The van der Waals surface area contributed by atoms with Crippen LogP contribution in [0.5, 0.6) is 0 Å². The second kappa shape index (κ2) is 3.32. The van der Waals surface area contributed by atoms with Crippen LogP contribution in [-0.2, 0) is 0 Å². The molecule has 1 N–H and O–H groups in total. The first-order valence-electron chi connectivity index (χ1n) is 4.37. The molecule has 0 atom stereocenters. The van der Waals surface area contributed by atoms with Crippen LogP contribution in [0.1, 0.15) is 0 Å². The fourth-order valence-corrected chi connectivity index (χ4v) is 2.17. The lowest BCUT2D eigenvalue weighted by atomic mass is 10.3. The number of nitrogens with zero attached hydrogens (tertiary/aromatic N) is 2. The van der Waals surface area contributed by atoms with Crippen molar-refractivity contribution in [1.29, 1.82) is 0 Å². The summed E-state index contributed by atoms with van der Waals surface area (Å²) >= 11 is 7.45. The third-order valence-corrected chi connectivity index (χ3v) is 3.12. The Morgan fingerprint density at radius 1 is 1.33 bits per heavy atom. The van der Waals surface area contributed by atoms with E-state index in [9.17, 15) is 0 Å². The van der Waals surface area contributed by atoms with Crippen molar-refractivity contribution in [3.05, 3.63) is 34.9 Å². The molecule has 0 saturated heterocycles. The van der Waals surface area contributed by atoms with Gasteiger partial charge in [-0.2, -0.15) is 0 Å². The first-order valence-corrected chi connectivity index (χ1v) is 5.63. The fraction of sp³-hybridized carbons (Fsp3) is 0. The van der Waals surface area contributed by atoms with Gasteiger partial charge in [-0.15, -0.1) is 11.3 Å². The van der Waals surface area contributed by atoms with Gasteiger partial charge in [0, 0.05) is 11.2 Å². The summed E-state index contributed by atoms with van der Waals surface area (Å²) in [4.78, 5) is 12.7. The molecule has 3 aromatic rings. The van der Waals surface area contributed by atoms with Gasteiger partial charge in [-0.05, 0) is 18.2 Å². The van der Waals surface area contributed by atoms with Crippen LogP contribution < -0.4 is 0 Å². The summed E-state index contributed by atoms with van der Waals surface area (Å²) in [5, 5.41) is 0.710. The molecule has 0 aliphatic rings. The van der Waals surface area contributed by atoms with Crippen molar-refractivity contribution in [3.63, 3.8) is 0 Å². The first kappa shape index (κ1) is 8.88. The van der Waals surface area contributed by atoms with Crippen molar-refractivity contribution in [1.82, 2.24) is 15.0 Å². The van der Waals surface area contributed by atoms with E-state index in [1.807, 2.05) is 18.2 Å². The molecule has 0 bridgehead atoms. The predicted molar refractivity (Wildman–Crippen MR) is 62.2 cm³/mol. The number of aromatic nitrogens is 3. The van der Waals surface area contributed by atoms with Gasteiger partial charge in [0.05, 0.1) is 21.4 Å². The van der Waals surface area contributed by atoms with Gasteiger partial charge >= 0.3 is 0 Å². The predicted octanol–water partition coefficient (Wildman–Crippen LogP) is 3.34. The lowest BCUT2D eigenvalue weighted by molar-refractivity contribution is 1.34. The van der Waals surface area contributed by atoms with Gasteiger partial charge in [0.1, 0.15) is 5.82 Å². The summed E-state index contributed by atoms with van der Waals surface area (Å²) in [5.41, 5.74) is 3.66. The molecule has 74 valence electrons. The molecule has 0 unspecified atom stereocenters. The highest BCUT2D eigenvalue weighted by Crippen LogP contribution is 2.24. The first-order chi connectivity index (χ1) is 7.33. The molecule has 0 aliphatic carbocycles. The second-order valence-electron chi connectivity index (χ2n) is 3.11. The van der Waals surface area contributed by atoms with E-state index < -0.39 is 0 Å². The maximum Gasteiger partial charge on any atom is 0.150 e. The Morgan fingerprint density at radius 3 is 3.07 bits per heavy atom. The number of aromatic amines is 1. The summed E-state index contributed by atoms with van der Waals surface area (Å²) in [7, 11) is 0. The zero-order valence-electron chi connectivity index (χ0n) is 7.57. The van der Waals surface area contributed by atoms with Crippen molar-refractivity contribution in [2.75, 3.05) is 0 Å². The molecule has 5 heteroatoms. The molecular weight excluding hydrogens is 230 g/mol. The van der Waals surface area contributed by atoms with Crippen LogP contribution in [0.15, 0.2) is 29.9 Å². The van der Waals surface area contributed by atoms with Gasteiger partial charge in [-0.1, -0.05) is 11.6 Å². The van der Waals surface area contributed by atoms with E-state index in [4.69, 9.17) is 11.6 Å². The van der Waals surface area contributed by atoms with E-state index in [1.54, 1.807) is 23.0 Å². The SMILES string of the molecule is Clc1ccc2nc(-c3cncs3)[nH]c2c1. The van der Waals surface area contributed by atoms with Gasteiger partial charge in [0.2, 0.25) is 0 Å². The molecule has 3 rings (SSSR count). The third-order valence-electron chi connectivity index (χ3n) is 2.11. The van der Waals surface area contributed by atoms with Crippen LogP contribution in [-0.4, -0.2) is 15.0 Å². The van der Waals surface area contributed by atoms with Gasteiger partial charge in [0.15, 0.2) is 0 Å². The molecule has 2 aromatic heterocycles. The zero-order chi connectivity index (χ0) is 10.3. The van der Waals surface area contributed by atoms with Crippen LogP contribution in [0, 0.1) is 0 Å². The van der Waals surface area contributed by atoms with Crippen molar-refractivity contribution in [3.8, 4) is 10.7 Å². The largest absolute Gasteiger partial charge is 0.337 e. The Bertz CT molecular complexity index is 600. The highest BCUT2D eigenvalue weighted by Gasteiger charge is 2.06. The number of thiazole rings is 1. The minimum Gasteiger partial charge on any atom is -0.337 e. The minimum atomic E-state index is 0.710. The molecule has 0 saturated carbocycles. The van der Waals surface area contributed by atoms with Gasteiger partial charge < -0.3 is 4.98 Å². The van der Waals surface area contributed by atoms with Crippen LogP contribution in [0.4, 0.5) is 0 Å². The Labute approximate surface area is 94.8 Å². The number of rotatable bonds is 1. The summed E-state index contributed by atoms with van der Waals surface area (Å²) < 4.78 is 0. The van der Waals surface area contributed by atoms with Gasteiger partial charge in [-0.3, -0.25) is 4.98 Å². The highest BCUT2D eigenvalue weighted by molar-refractivity contribution is 7.13. The molecule has 0 radical (unpaired) electrons. The van der Waals surface area contributed by atoms with Crippen molar-refractivity contribution in [2.24, 2.45) is 0 Å². The van der Waals surface area contributed by atoms with Gasteiger partial charge in [-0.25, -0.2) is 4.98 Å². The highest BCUT2D eigenvalue weighted by atomic mass is 35.5. The van der Waals surface area contributed by atoms with Crippen molar-refractivity contribution >= 4 is 34.0 Å². The zero-order valence-corrected chi connectivity index (χ0v) is 9.14. The number of nitrogens with one attached hydrogen (secondary N) is 1. The Kier molecular flexibility index (Phi) is 1.97. The van der Waals surface area contributed by atoms with Crippen LogP contribution >= 0.6 is 22.9 Å². The normalized spacial score (nSPS) is 11.0. The summed E-state index contributed by atoms with van der Waals surface area (Å²) in [5.74, 6) is 0.842. The van der Waals surface area contributed by atoms with Crippen LogP contribution in [0.25, 0.3) is 21.7 Å². The second-order valence-corrected chi connectivity index (χ2v) is 4.44. The third kappa shape index (κ3) is 1.52. The average Bonchev–Trinajstić information content (AvgIpc) is 2.84. The minimum absolute atomic E-state index is 0.710. The number of H-pyrrole nitrogens is 1. The van der Waals surface area contributed by atoms with Crippen LogP contribution in [0.3, 0.4) is 0 Å². The molecule has 3 nitrogen and oxygen atoms in total. The average molecular weight is 236 g/mol. The standard InChI is InChI=1S/C10H6ClN3S/c11-6-1-2-7-8(3-6)14-10(13-7)9-4-12-5-15-9/h1-5H,(H,13,14). The fourth-order valence-electron chi connectivity index (χ4n) is 1.43. The maximum absolute atomic E-state index is 5.90. The molecule has 15 heavy (non-hydrogen) atoms. The molecule has 2 heterocycles. The summed E-state index contributed by atoms with van der Waals surface area (Å²) in [6, 6.07) is 5.61. The van der Waals surface area contributed by atoms with Gasteiger partial charge in [0.25, 0.3) is 0 Å². The number of hydrogen-bond acceptors (Lipinski definition) is 3. The maximum atomic E-state index is 5.90. The van der Waals surface area contributed by atoms with E-state index >= 15 is 0 Å². The van der Waals surface area contributed by atoms with E-state index in [-0.39, 0.29) is 0 Å².